The molecule has 0 unspecified atom stereocenters. The Morgan fingerprint density at radius 2 is 2.00 bits per heavy atom. The fraction of sp³-hybridized carbons (Fsp3) is 0.400. The van der Waals surface area contributed by atoms with Crippen LogP contribution >= 0.6 is 0 Å². The second-order valence-electron chi connectivity index (χ2n) is 5.57. The fourth-order valence-electron chi connectivity index (χ4n) is 2.27. The summed E-state index contributed by atoms with van der Waals surface area (Å²) in [4.78, 5) is 15.8. The third-order valence-electron chi connectivity index (χ3n) is 3.63. The van der Waals surface area contributed by atoms with Gasteiger partial charge >= 0.3 is 12.2 Å². The van der Waals surface area contributed by atoms with Gasteiger partial charge in [-0.05, 0) is 30.9 Å². The molecule has 9 heteroatoms. The van der Waals surface area contributed by atoms with Gasteiger partial charge in [-0.2, -0.15) is 18.2 Å². The average molecular weight is 340 g/mol. The van der Waals surface area contributed by atoms with Gasteiger partial charge in [0.15, 0.2) is 5.82 Å². The van der Waals surface area contributed by atoms with Crippen LogP contribution in [0.15, 0.2) is 34.9 Å². The van der Waals surface area contributed by atoms with Crippen molar-refractivity contribution in [2.75, 3.05) is 0 Å². The maximum Gasteiger partial charge on any atom is 0.408 e. The number of benzene rings is 1. The number of carbonyl (C=O) groups excluding carboxylic acids is 1. The van der Waals surface area contributed by atoms with E-state index >= 15 is 0 Å². The second kappa shape index (κ2) is 6.50. The first-order valence-electron chi connectivity index (χ1n) is 7.42. The van der Waals surface area contributed by atoms with Crippen LogP contribution in [0.4, 0.5) is 18.0 Å². The highest BCUT2D eigenvalue weighted by molar-refractivity contribution is 5.74. The minimum Gasteiger partial charge on any atom is -0.334 e. The Labute approximate surface area is 135 Å². The molecule has 6 nitrogen and oxygen atoms in total. The topological polar surface area (TPSA) is 80.1 Å². The van der Waals surface area contributed by atoms with Crippen molar-refractivity contribution in [3.8, 4) is 11.5 Å². The van der Waals surface area contributed by atoms with E-state index in [1.807, 2.05) is 11.4 Å². The Bertz CT molecular complexity index is 698. The van der Waals surface area contributed by atoms with Gasteiger partial charge in [-0.25, -0.2) is 4.79 Å². The van der Waals surface area contributed by atoms with E-state index < -0.39 is 24.2 Å². The monoisotopic (exact) mass is 340 g/mol. The molecule has 1 fully saturated rings. The number of alkyl halides is 3. The van der Waals surface area contributed by atoms with Crippen molar-refractivity contribution in [2.24, 2.45) is 5.92 Å². The third-order valence-corrected chi connectivity index (χ3v) is 3.63. The molecule has 0 radical (unpaired) electrons. The summed E-state index contributed by atoms with van der Waals surface area (Å²) in [5.41, 5.74) is 0.714. The number of nitrogens with zero attached hydrogens (tertiary/aromatic N) is 2. The second-order valence-corrected chi connectivity index (χ2v) is 5.57. The zero-order chi connectivity index (χ0) is 17.2. The van der Waals surface area contributed by atoms with Gasteiger partial charge in [0.1, 0.15) is 6.04 Å². The molecule has 2 amide bonds. The highest BCUT2D eigenvalue weighted by Crippen LogP contribution is 2.40. The van der Waals surface area contributed by atoms with Crippen molar-refractivity contribution in [3.63, 3.8) is 0 Å². The predicted octanol–water partition coefficient (Wildman–Crippen LogP) is 2.88. The lowest BCUT2D eigenvalue weighted by Crippen LogP contribution is -2.50. The smallest absolute Gasteiger partial charge is 0.334 e. The molecular formula is C15H15F3N4O2. The van der Waals surface area contributed by atoms with Crippen LogP contribution in [0.1, 0.15) is 18.7 Å². The van der Waals surface area contributed by atoms with E-state index in [-0.39, 0.29) is 18.3 Å². The summed E-state index contributed by atoms with van der Waals surface area (Å²) in [6, 6.07) is 6.28. The summed E-state index contributed by atoms with van der Waals surface area (Å²) in [5, 5.41) is 7.97. The molecule has 0 aliphatic heterocycles. The summed E-state index contributed by atoms with van der Waals surface area (Å²) in [6.45, 7) is -0.128. The number of rotatable bonds is 5. The van der Waals surface area contributed by atoms with Crippen LogP contribution < -0.4 is 10.6 Å². The van der Waals surface area contributed by atoms with E-state index in [9.17, 15) is 18.0 Å². The van der Waals surface area contributed by atoms with E-state index in [0.29, 0.717) is 18.4 Å². The number of hydrogen-bond donors (Lipinski definition) is 2. The molecule has 2 aromatic rings. The quantitative estimate of drug-likeness (QED) is 0.877. The van der Waals surface area contributed by atoms with Gasteiger partial charge in [-0.3, -0.25) is 0 Å². The normalized spacial score (nSPS) is 15.8. The molecule has 0 saturated heterocycles. The van der Waals surface area contributed by atoms with Crippen molar-refractivity contribution < 1.29 is 22.5 Å². The number of hydrogen-bond acceptors (Lipinski definition) is 4. The SMILES string of the molecule is O=C(NCc1noc(-c2ccccc2)n1)N[C@H](C1CC1)C(F)(F)F. The summed E-state index contributed by atoms with van der Waals surface area (Å²) < 4.78 is 43.6. The zero-order valence-corrected chi connectivity index (χ0v) is 12.5. The van der Waals surface area contributed by atoms with E-state index in [2.05, 4.69) is 15.5 Å². The minimum absolute atomic E-state index is 0.128. The van der Waals surface area contributed by atoms with Crippen LogP contribution in [0.3, 0.4) is 0 Å². The number of amides is 2. The number of carbonyl (C=O) groups is 1. The Morgan fingerprint density at radius 3 is 2.62 bits per heavy atom. The van der Waals surface area contributed by atoms with Crippen LogP contribution in [-0.2, 0) is 6.54 Å². The lowest BCUT2D eigenvalue weighted by atomic mass is 10.2. The molecule has 1 aromatic heterocycles. The molecule has 1 saturated carbocycles. The van der Waals surface area contributed by atoms with Gasteiger partial charge in [-0.1, -0.05) is 23.4 Å². The van der Waals surface area contributed by atoms with Crippen molar-refractivity contribution in [1.82, 2.24) is 20.8 Å². The maximum absolute atomic E-state index is 12.8. The minimum atomic E-state index is -4.45. The fourth-order valence-corrected chi connectivity index (χ4v) is 2.27. The van der Waals surface area contributed by atoms with Gasteiger partial charge in [0, 0.05) is 5.56 Å². The average Bonchev–Trinajstić information content (AvgIpc) is 3.27. The summed E-state index contributed by atoms with van der Waals surface area (Å²) in [7, 11) is 0. The van der Waals surface area contributed by atoms with Crippen molar-refractivity contribution in [3.05, 3.63) is 36.2 Å². The lowest BCUT2D eigenvalue weighted by Gasteiger charge is -2.21. The Balaban J connectivity index is 1.54. The Hall–Kier alpha value is -2.58. The number of nitrogens with one attached hydrogen (secondary N) is 2. The van der Waals surface area contributed by atoms with Crippen molar-refractivity contribution in [2.45, 2.75) is 31.6 Å². The van der Waals surface area contributed by atoms with Gasteiger partial charge < -0.3 is 15.2 Å². The van der Waals surface area contributed by atoms with E-state index in [4.69, 9.17) is 4.52 Å². The largest absolute Gasteiger partial charge is 0.408 e. The maximum atomic E-state index is 12.8. The van der Waals surface area contributed by atoms with Gasteiger partial charge in [0.05, 0.1) is 6.54 Å². The van der Waals surface area contributed by atoms with Gasteiger partial charge in [-0.15, -0.1) is 0 Å². The molecule has 2 N–H and O–H groups in total. The van der Waals surface area contributed by atoms with Crippen molar-refractivity contribution >= 4 is 6.03 Å². The van der Waals surface area contributed by atoms with Gasteiger partial charge in [0.25, 0.3) is 5.89 Å². The molecular weight excluding hydrogens is 325 g/mol. The summed E-state index contributed by atoms with van der Waals surface area (Å²) in [5.74, 6) is -0.0800. The van der Waals surface area contributed by atoms with Gasteiger partial charge in [0.2, 0.25) is 0 Å². The van der Waals surface area contributed by atoms with Crippen molar-refractivity contribution in [1.29, 1.82) is 0 Å². The van der Waals surface area contributed by atoms with E-state index in [1.165, 1.54) is 0 Å². The first-order valence-corrected chi connectivity index (χ1v) is 7.42. The molecule has 1 aliphatic carbocycles. The molecule has 1 aliphatic rings. The summed E-state index contributed by atoms with van der Waals surface area (Å²) in [6.07, 6.45) is -3.52. The highest BCUT2D eigenvalue weighted by Gasteiger charge is 2.49. The predicted molar refractivity (Wildman–Crippen MR) is 77.7 cm³/mol. The van der Waals surface area contributed by atoms with Crippen LogP contribution in [0, 0.1) is 5.92 Å². The number of urea groups is 1. The number of aromatic nitrogens is 2. The van der Waals surface area contributed by atoms with E-state index in [0.717, 1.165) is 0 Å². The number of halogens is 3. The van der Waals surface area contributed by atoms with E-state index in [1.54, 1.807) is 24.3 Å². The van der Waals surface area contributed by atoms with Crippen LogP contribution in [0.2, 0.25) is 0 Å². The molecule has 1 heterocycles. The first kappa shape index (κ1) is 16.3. The first-order chi connectivity index (χ1) is 11.4. The lowest BCUT2D eigenvalue weighted by molar-refractivity contribution is -0.157. The Morgan fingerprint density at radius 1 is 1.29 bits per heavy atom. The third kappa shape index (κ3) is 4.03. The molecule has 0 bridgehead atoms. The van der Waals surface area contributed by atoms with Crippen LogP contribution in [0.5, 0.6) is 0 Å². The Kier molecular flexibility index (Phi) is 4.41. The highest BCUT2D eigenvalue weighted by atomic mass is 19.4. The molecule has 1 aromatic carbocycles. The zero-order valence-electron chi connectivity index (χ0n) is 12.5. The van der Waals surface area contributed by atoms with Crippen LogP contribution in [0.25, 0.3) is 11.5 Å². The standard InChI is InChI=1S/C15H15F3N4O2/c16-15(17,18)12(9-6-7-9)21-14(23)19-8-11-20-13(24-22-11)10-4-2-1-3-5-10/h1-5,9,12H,6-8H2,(H2,19,21,23)/t12-/m1/s1. The molecule has 3 rings (SSSR count). The molecule has 24 heavy (non-hydrogen) atoms. The summed E-state index contributed by atoms with van der Waals surface area (Å²) >= 11 is 0. The van der Waals surface area contributed by atoms with Crippen LogP contribution in [-0.4, -0.2) is 28.4 Å². The molecule has 0 spiro atoms. The molecule has 1 atom stereocenters. The molecule has 128 valence electrons.